The van der Waals surface area contributed by atoms with Crippen LogP contribution in [0.3, 0.4) is 0 Å². The van der Waals surface area contributed by atoms with Crippen molar-refractivity contribution in [2.24, 2.45) is 0 Å². The van der Waals surface area contributed by atoms with Gasteiger partial charge in [-0.15, -0.1) is 13.2 Å². The zero-order valence-electron chi connectivity index (χ0n) is 15.4. The number of hydrogen-bond acceptors (Lipinski definition) is 6. The van der Waals surface area contributed by atoms with E-state index >= 15 is 0 Å². The summed E-state index contributed by atoms with van der Waals surface area (Å²) in [6.45, 7) is 1.65. The fourth-order valence-corrected chi connectivity index (χ4v) is 3.34. The molecule has 0 saturated carbocycles. The second-order valence-electron chi connectivity index (χ2n) is 6.82. The summed E-state index contributed by atoms with van der Waals surface area (Å²) in [6, 6.07) is 10.5. The van der Waals surface area contributed by atoms with Crippen LogP contribution in [0.15, 0.2) is 42.5 Å². The predicted molar refractivity (Wildman–Crippen MR) is 99.4 cm³/mol. The van der Waals surface area contributed by atoms with Gasteiger partial charge in [-0.3, -0.25) is 15.0 Å². The molecule has 0 aromatic heterocycles. The molecule has 1 atom stereocenters. The molecule has 0 amide bonds. The van der Waals surface area contributed by atoms with Crippen LogP contribution in [0.2, 0.25) is 0 Å². The molecule has 2 aromatic rings. The number of hydrogen-bond donors (Lipinski definition) is 2. The number of nitro groups is 1. The van der Waals surface area contributed by atoms with Gasteiger partial charge in [-0.25, -0.2) is 0 Å². The number of anilines is 1. The van der Waals surface area contributed by atoms with Gasteiger partial charge in [0.25, 0.3) is 5.69 Å². The van der Waals surface area contributed by atoms with E-state index in [0.717, 1.165) is 18.5 Å². The van der Waals surface area contributed by atoms with Crippen LogP contribution in [0.25, 0.3) is 0 Å². The first-order valence-electron chi connectivity index (χ1n) is 8.95. The van der Waals surface area contributed by atoms with Gasteiger partial charge < -0.3 is 15.2 Å². The quantitative estimate of drug-likeness (QED) is 0.534. The van der Waals surface area contributed by atoms with Crippen molar-refractivity contribution in [1.82, 2.24) is 4.90 Å². The molecule has 1 heterocycles. The number of alkyl halides is 3. The molecule has 29 heavy (non-hydrogen) atoms. The van der Waals surface area contributed by atoms with Crippen molar-refractivity contribution in [3.8, 4) is 5.75 Å². The topological polar surface area (TPSA) is 87.9 Å². The first kappa shape index (κ1) is 20.9. The summed E-state index contributed by atoms with van der Waals surface area (Å²) in [6.07, 6.45) is -3.88. The third kappa shape index (κ3) is 5.81. The third-order valence-corrected chi connectivity index (χ3v) is 4.66. The lowest BCUT2D eigenvalue weighted by Crippen LogP contribution is -2.26. The second kappa shape index (κ2) is 8.66. The van der Waals surface area contributed by atoms with Gasteiger partial charge in [0.05, 0.1) is 17.1 Å². The molecule has 0 aliphatic carbocycles. The summed E-state index contributed by atoms with van der Waals surface area (Å²) in [4.78, 5) is 12.7. The summed E-state index contributed by atoms with van der Waals surface area (Å²) in [5, 5.41) is 23.6. The average Bonchev–Trinajstić information content (AvgIpc) is 3.09. The lowest BCUT2D eigenvalue weighted by atomic mass is 10.1. The highest BCUT2D eigenvalue weighted by molar-refractivity contribution is 5.55. The van der Waals surface area contributed by atoms with Gasteiger partial charge in [-0.1, -0.05) is 12.1 Å². The molecule has 2 N–H and O–H groups in total. The lowest BCUT2D eigenvalue weighted by molar-refractivity contribution is -0.385. The zero-order chi connectivity index (χ0) is 21.0. The van der Waals surface area contributed by atoms with Crippen LogP contribution < -0.4 is 10.1 Å². The van der Waals surface area contributed by atoms with Crippen LogP contribution >= 0.6 is 0 Å². The fourth-order valence-electron chi connectivity index (χ4n) is 3.34. The van der Waals surface area contributed by atoms with Crippen molar-refractivity contribution in [3.05, 3.63) is 63.7 Å². The van der Waals surface area contributed by atoms with Crippen LogP contribution in [-0.2, 0) is 13.2 Å². The Bertz CT molecular complexity index is 859. The number of halogens is 3. The minimum absolute atomic E-state index is 0.0856. The third-order valence-electron chi connectivity index (χ3n) is 4.66. The molecule has 7 nitrogen and oxygen atoms in total. The number of nitro benzene ring substituents is 1. The first-order valence-corrected chi connectivity index (χ1v) is 8.95. The largest absolute Gasteiger partial charge is 0.573 e. The number of nitrogens with one attached hydrogen (secondary N) is 1. The molecule has 1 fully saturated rings. The van der Waals surface area contributed by atoms with E-state index in [1.165, 1.54) is 24.3 Å². The maximum Gasteiger partial charge on any atom is 0.573 e. The second-order valence-corrected chi connectivity index (χ2v) is 6.82. The molecule has 0 unspecified atom stereocenters. The molecule has 0 bridgehead atoms. The van der Waals surface area contributed by atoms with Crippen LogP contribution in [-0.4, -0.2) is 40.4 Å². The van der Waals surface area contributed by atoms with Gasteiger partial charge in [-0.2, -0.15) is 0 Å². The van der Waals surface area contributed by atoms with E-state index in [1.54, 1.807) is 18.2 Å². The van der Waals surface area contributed by atoms with Gasteiger partial charge >= 0.3 is 6.36 Å². The number of aliphatic hydroxyl groups is 1. The van der Waals surface area contributed by atoms with E-state index < -0.39 is 17.9 Å². The van der Waals surface area contributed by atoms with E-state index in [4.69, 9.17) is 0 Å². The molecule has 156 valence electrons. The maximum atomic E-state index is 12.2. The Morgan fingerprint density at radius 3 is 2.59 bits per heavy atom. The number of aliphatic hydroxyl groups excluding tert-OH is 1. The number of benzene rings is 2. The van der Waals surface area contributed by atoms with Crippen molar-refractivity contribution in [1.29, 1.82) is 0 Å². The summed E-state index contributed by atoms with van der Waals surface area (Å²) in [5.41, 5.74) is 1.59. The molecule has 2 aromatic carbocycles. The zero-order valence-corrected chi connectivity index (χ0v) is 15.4. The van der Waals surface area contributed by atoms with E-state index in [2.05, 4.69) is 15.0 Å². The van der Waals surface area contributed by atoms with Crippen molar-refractivity contribution in [3.63, 3.8) is 0 Å². The highest BCUT2D eigenvalue weighted by Crippen LogP contribution is 2.26. The van der Waals surface area contributed by atoms with Crippen LogP contribution in [0.4, 0.5) is 24.5 Å². The Morgan fingerprint density at radius 1 is 1.24 bits per heavy atom. The lowest BCUT2D eigenvalue weighted by Gasteiger charge is -2.18. The van der Waals surface area contributed by atoms with Crippen LogP contribution in [0, 0.1) is 10.1 Å². The first-order chi connectivity index (χ1) is 13.7. The van der Waals surface area contributed by atoms with Crippen molar-refractivity contribution < 1.29 is 27.9 Å². The maximum absolute atomic E-state index is 12.2. The fraction of sp³-hybridized carbons (Fsp3) is 0.368. The highest BCUT2D eigenvalue weighted by atomic mass is 19.4. The normalized spacial score (nSPS) is 17.3. The summed E-state index contributed by atoms with van der Waals surface area (Å²) < 4.78 is 40.5. The van der Waals surface area contributed by atoms with E-state index in [9.17, 15) is 28.4 Å². The van der Waals surface area contributed by atoms with Crippen molar-refractivity contribution >= 4 is 11.4 Å². The van der Waals surface area contributed by atoms with Gasteiger partial charge in [0, 0.05) is 37.4 Å². The summed E-state index contributed by atoms with van der Waals surface area (Å²) >= 11 is 0. The number of rotatable bonds is 7. The van der Waals surface area contributed by atoms with Gasteiger partial charge in [0.1, 0.15) is 5.75 Å². The summed E-state index contributed by atoms with van der Waals surface area (Å²) in [7, 11) is 0. The number of likely N-dealkylation sites (tertiary alicyclic amines) is 1. The molecule has 3 rings (SSSR count). The molecule has 0 spiro atoms. The minimum atomic E-state index is -4.71. The Balaban J connectivity index is 1.55. The van der Waals surface area contributed by atoms with Gasteiger partial charge in [-0.05, 0) is 36.2 Å². The Hall–Kier alpha value is -2.85. The Labute approximate surface area is 164 Å². The smallest absolute Gasteiger partial charge is 0.406 e. The van der Waals surface area contributed by atoms with Crippen LogP contribution in [0.1, 0.15) is 17.5 Å². The monoisotopic (exact) mass is 411 g/mol. The molecule has 10 heteroatoms. The van der Waals surface area contributed by atoms with Gasteiger partial charge in [0.2, 0.25) is 0 Å². The van der Waals surface area contributed by atoms with Gasteiger partial charge in [0.15, 0.2) is 0 Å². The highest BCUT2D eigenvalue weighted by Gasteiger charge is 2.31. The minimum Gasteiger partial charge on any atom is -0.406 e. The van der Waals surface area contributed by atoms with Crippen molar-refractivity contribution in [2.75, 3.05) is 18.4 Å². The Morgan fingerprint density at radius 2 is 1.97 bits per heavy atom. The number of ether oxygens (including phenoxy) is 1. The predicted octanol–water partition coefficient (Wildman–Crippen LogP) is 3.67. The SMILES string of the molecule is O=[N+]([O-])c1cc(N[C@H]2CCN(Cc3ccc(OC(F)(F)F)cc3)C2)ccc1CO. The van der Waals surface area contributed by atoms with E-state index in [1.807, 2.05) is 0 Å². The van der Waals surface area contributed by atoms with E-state index in [0.29, 0.717) is 18.8 Å². The average molecular weight is 411 g/mol. The molecule has 1 aliphatic rings. The molecular weight excluding hydrogens is 391 g/mol. The molecule has 1 saturated heterocycles. The summed E-state index contributed by atoms with van der Waals surface area (Å²) in [5.74, 6) is -0.255. The molecule has 1 aliphatic heterocycles. The van der Waals surface area contributed by atoms with Crippen LogP contribution in [0.5, 0.6) is 5.75 Å². The molecular formula is C19H20F3N3O4. The molecule has 0 radical (unpaired) electrons. The van der Waals surface area contributed by atoms with E-state index in [-0.39, 0.29) is 23.0 Å². The number of nitrogens with zero attached hydrogens (tertiary/aromatic N) is 2. The standard InChI is InChI=1S/C19H20F3N3O4/c20-19(21,22)29-17-5-1-13(2-6-17)10-24-8-7-16(11-24)23-15-4-3-14(12-26)18(9-15)25(27)28/h1-6,9,16,23,26H,7-8,10-12H2/t16-/m0/s1. The van der Waals surface area contributed by atoms with Crippen molar-refractivity contribution in [2.45, 2.75) is 32.0 Å². The Kier molecular flexibility index (Phi) is 6.23.